The van der Waals surface area contributed by atoms with E-state index in [2.05, 4.69) is 9.97 Å². The van der Waals surface area contributed by atoms with Crippen LogP contribution in [0.3, 0.4) is 0 Å². The molecule has 10 heavy (non-hydrogen) atoms. The van der Waals surface area contributed by atoms with Gasteiger partial charge in [-0.15, -0.1) is 0 Å². The predicted molar refractivity (Wildman–Crippen MR) is 32.6 cm³/mol. The minimum absolute atomic E-state index is 0.150. The Labute approximate surface area is 56.3 Å². The zero-order valence-electron chi connectivity index (χ0n) is 5.36. The van der Waals surface area contributed by atoms with Crippen LogP contribution >= 0.6 is 0 Å². The van der Waals surface area contributed by atoms with Crippen molar-refractivity contribution in [2.45, 2.75) is 12.8 Å². The lowest BCUT2D eigenvalue weighted by molar-refractivity contribution is 0.00866. The number of nitrogens with zero attached hydrogens (tertiary/aromatic N) is 1. The smallest absolute Gasteiger partial charge is 0.301 e. The molecule has 1 aromatic heterocycles. The summed E-state index contributed by atoms with van der Waals surface area (Å²) in [4.78, 5) is 5.59. The van der Waals surface area contributed by atoms with E-state index in [1.807, 2.05) is 0 Å². The Morgan fingerprint density at radius 2 is 2.30 bits per heavy atom. The lowest BCUT2D eigenvalue weighted by Gasteiger charge is -2.03. The summed E-state index contributed by atoms with van der Waals surface area (Å²) in [5.41, 5.74) is 5.12. The van der Waals surface area contributed by atoms with E-state index < -0.39 is 11.7 Å². The average molecular weight is 147 g/mol. The van der Waals surface area contributed by atoms with Crippen molar-refractivity contribution in [2.75, 3.05) is 5.73 Å². The van der Waals surface area contributed by atoms with Crippen LogP contribution < -0.4 is 5.73 Å². The van der Waals surface area contributed by atoms with E-state index in [-0.39, 0.29) is 5.82 Å². The Morgan fingerprint density at radius 1 is 1.70 bits per heavy atom. The molecule has 0 unspecified atom stereocenters. The Hall–Kier alpha value is -1.13. The number of aromatic amines is 1. The van der Waals surface area contributed by atoms with E-state index >= 15 is 0 Å². The summed E-state index contributed by atoms with van der Waals surface area (Å²) < 4.78 is 24.6. The summed E-state index contributed by atoms with van der Waals surface area (Å²) in [6, 6.07) is 0. The van der Waals surface area contributed by atoms with Gasteiger partial charge >= 0.3 is 5.92 Å². The van der Waals surface area contributed by atoms with E-state index in [0.717, 1.165) is 13.1 Å². The fourth-order valence-electron chi connectivity index (χ4n) is 0.558. The van der Waals surface area contributed by atoms with Gasteiger partial charge in [-0.2, -0.15) is 8.78 Å². The van der Waals surface area contributed by atoms with Gasteiger partial charge < -0.3 is 10.7 Å². The molecule has 0 amide bonds. The Balaban J connectivity index is 2.96. The van der Waals surface area contributed by atoms with Crippen LogP contribution in [-0.2, 0) is 5.92 Å². The van der Waals surface area contributed by atoms with Crippen molar-refractivity contribution in [3.8, 4) is 0 Å². The van der Waals surface area contributed by atoms with Gasteiger partial charge in [0.05, 0.1) is 6.20 Å². The number of alkyl halides is 2. The van der Waals surface area contributed by atoms with Crippen LogP contribution in [0.4, 0.5) is 14.6 Å². The Kier molecular flexibility index (Phi) is 1.35. The van der Waals surface area contributed by atoms with Crippen molar-refractivity contribution in [3.63, 3.8) is 0 Å². The first kappa shape index (κ1) is 6.98. The third-order valence-corrected chi connectivity index (χ3v) is 1.01. The van der Waals surface area contributed by atoms with Crippen LogP contribution in [0.1, 0.15) is 12.7 Å². The summed E-state index contributed by atoms with van der Waals surface area (Å²) in [5.74, 6) is -3.18. The molecule has 0 aliphatic rings. The van der Waals surface area contributed by atoms with Crippen molar-refractivity contribution in [3.05, 3.63) is 12.0 Å². The Morgan fingerprint density at radius 3 is 2.50 bits per heavy atom. The number of imidazole rings is 1. The number of H-pyrrole nitrogens is 1. The third kappa shape index (κ3) is 1.23. The maximum Gasteiger partial charge on any atom is 0.301 e. The molecule has 0 radical (unpaired) electrons. The number of nitrogens with one attached hydrogen (secondary N) is 1. The van der Waals surface area contributed by atoms with Gasteiger partial charge in [-0.3, -0.25) is 0 Å². The number of hydrogen-bond acceptors (Lipinski definition) is 2. The van der Waals surface area contributed by atoms with Gasteiger partial charge in [-0.05, 0) is 0 Å². The first-order valence-corrected chi connectivity index (χ1v) is 2.69. The standard InChI is InChI=1S/C5H7F2N3/c1-5(6,7)4-9-2-3(8)10-4/h2H,8H2,1H3,(H,9,10). The van der Waals surface area contributed by atoms with E-state index in [0.29, 0.717) is 0 Å². The fourth-order valence-corrected chi connectivity index (χ4v) is 0.558. The zero-order chi connectivity index (χ0) is 7.78. The van der Waals surface area contributed by atoms with Crippen molar-refractivity contribution < 1.29 is 8.78 Å². The van der Waals surface area contributed by atoms with E-state index in [4.69, 9.17) is 5.73 Å². The number of nitrogen functional groups attached to an aromatic ring is 1. The van der Waals surface area contributed by atoms with Crippen molar-refractivity contribution in [1.29, 1.82) is 0 Å². The van der Waals surface area contributed by atoms with Gasteiger partial charge in [0.25, 0.3) is 0 Å². The minimum Gasteiger partial charge on any atom is -0.384 e. The Bertz CT molecular complexity index is 225. The van der Waals surface area contributed by atoms with Crippen LogP contribution in [0.15, 0.2) is 6.20 Å². The fraction of sp³-hybridized carbons (Fsp3) is 0.400. The molecule has 0 aromatic carbocycles. The van der Waals surface area contributed by atoms with Crippen molar-refractivity contribution >= 4 is 5.82 Å². The molecule has 1 aromatic rings. The van der Waals surface area contributed by atoms with Crippen LogP contribution in [0.2, 0.25) is 0 Å². The second kappa shape index (κ2) is 1.93. The van der Waals surface area contributed by atoms with E-state index in [1.165, 1.54) is 0 Å². The number of anilines is 1. The van der Waals surface area contributed by atoms with Gasteiger partial charge in [0.1, 0.15) is 5.82 Å². The van der Waals surface area contributed by atoms with Crippen molar-refractivity contribution in [1.82, 2.24) is 9.97 Å². The summed E-state index contributed by atoms with van der Waals surface area (Å²) in [5, 5.41) is 0. The highest BCUT2D eigenvalue weighted by Crippen LogP contribution is 2.23. The van der Waals surface area contributed by atoms with E-state index in [9.17, 15) is 8.78 Å². The normalized spacial score (nSPS) is 11.9. The molecular weight excluding hydrogens is 140 g/mol. The number of hydrogen-bond donors (Lipinski definition) is 2. The minimum atomic E-state index is -2.93. The van der Waals surface area contributed by atoms with Gasteiger partial charge in [-0.1, -0.05) is 0 Å². The maximum absolute atomic E-state index is 12.3. The summed E-state index contributed by atoms with van der Waals surface area (Å²) >= 11 is 0. The molecule has 1 rings (SSSR count). The monoisotopic (exact) mass is 147 g/mol. The van der Waals surface area contributed by atoms with Gasteiger partial charge in [0, 0.05) is 6.92 Å². The van der Waals surface area contributed by atoms with Crippen molar-refractivity contribution in [2.24, 2.45) is 0 Å². The molecule has 0 spiro atoms. The largest absolute Gasteiger partial charge is 0.384 e. The molecule has 0 aliphatic carbocycles. The summed E-state index contributed by atoms with van der Waals surface area (Å²) in [6.45, 7) is 0.755. The quantitative estimate of drug-likeness (QED) is 0.625. The summed E-state index contributed by atoms with van der Waals surface area (Å²) in [7, 11) is 0. The van der Waals surface area contributed by atoms with Gasteiger partial charge in [0.15, 0.2) is 5.82 Å². The van der Waals surface area contributed by atoms with Crippen LogP contribution in [0, 0.1) is 0 Å². The molecule has 0 saturated carbocycles. The van der Waals surface area contributed by atoms with Crippen LogP contribution in [0.25, 0.3) is 0 Å². The molecule has 0 saturated heterocycles. The average Bonchev–Trinajstić information content (AvgIpc) is 2.11. The molecule has 0 bridgehead atoms. The number of halogens is 2. The predicted octanol–water partition coefficient (Wildman–Crippen LogP) is 1.10. The molecule has 1 heterocycles. The lowest BCUT2D eigenvalue weighted by atomic mass is 10.4. The molecule has 0 fully saturated rings. The van der Waals surface area contributed by atoms with Gasteiger partial charge in [0.2, 0.25) is 0 Å². The lowest BCUT2D eigenvalue weighted by Crippen LogP contribution is -2.09. The number of rotatable bonds is 1. The van der Waals surface area contributed by atoms with Crippen LogP contribution in [-0.4, -0.2) is 9.97 Å². The van der Waals surface area contributed by atoms with E-state index in [1.54, 1.807) is 0 Å². The molecule has 0 aliphatic heterocycles. The topological polar surface area (TPSA) is 54.7 Å². The summed E-state index contributed by atoms with van der Waals surface area (Å²) in [6.07, 6.45) is 1.16. The SMILES string of the molecule is CC(F)(F)c1ncc(N)[nH]1. The maximum atomic E-state index is 12.3. The first-order valence-electron chi connectivity index (χ1n) is 2.69. The molecule has 3 nitrogen and oxygen atoms in total. The zero-order valence-corrected chi connectivity index (χ0v) is 5.36. The second-order valence-corrected chi connectivity index (χ2v) is 2.08. The highest BCUT2D eigenvalue weighted by Gasteiger charge is 2.27. The third-order valence-electron chi connectivity index (χ3n) is 1.01. The molecule has 56 valence electrons. The molecule has 5 heteroatoms. The molecule has 0 atom stereocenters. The molecule has 3 N–H and O–H groups in total. The highest BCUT2D eigenvalue weighted by molar-refractivity contribution is 5.25. The second-order valence-electron chi connectivity index (χ2n) is 2.08. The first-order chi connectivity index (χ1) is 4.50. The highest BCUT2D eigenvalue weighted by atomic mass is 19.3. The van der Waals surface area contributed by atoms with Crippen LogP contribution in [0.5, 0.6) is 0 Å². The van der Waals surface area contributed by atoms with Gasteiger partial charge in [-0.25, -0.2) is 4.98 Å². The number of aromatic nitrogens is 2. The number of nitrogens with two attached hydrogens (primary N) is 1. The molecular formula is C5H7F2N3.